The highest BCUT2D eigenvalue weighted by molar-refractivity contribution is 7.34. The predicted molar refractivity (Wildman–Crippen MR) is 70.8 cm³/mol. The Morgan fingerprint density at radius 2 is 1.69 bits per heavy atom. The molecule has 0 aliphatic rings. The fourth-order valence-electron chi connectivity index (χ4n) is 1.98. The number of rotatable bonds is 5. The van der Waals surface area contributed by atoms with Crippen molar-refractivity contribution in [3.8, 4) is 0 Å². The smallest absolute Gasteiger partial charge is 0.192 e. The van der Waals surface area contributed by atoms with Crippen LogP contribution in [0.1, 0.15) is 38.8 Å². The maximum absolute atomic E-state index is 11.1. The first-order valence-corrected chi connectivity index (χ1v) is 6.80. The molecule has 0 N–H and O–H groups in total. The lowest BCUT2D eigenvalue weighted by atomic mass is 9.93. The minimum Gasteiger partial charge on any atom is -0.269 e. The van der Waals surface area contributed by atoms with Gasteiger partial charge in [-0.2, -0.15) is 0 Å². The Balaban J connectivity index is 3.09. The summed E-state index contributed by atoms with van der Waals surface area (Å²) in [6, 6.07) is 6.16. The van der Waals surface area contributed by atoms with Crippen molar-refractivity contribution in [3.63, 3.8) is 0 Å². The van der Waals surface area contributed by atoms with Crippen molar-refractivity contribution in [2.45, 2.75) is 40.5 Å². The SMILES string of the molecule is CC(C)Cc1cccc(P=O)c1CC(C)C. The molecule has 0 unspecified atom stereocenters. The van der Waals surface area contributed by atoms with Gasteiger partial charge in [-0.1, -0.05) is 39.8 Å². The average Bonchev–Trinajstić information content (AvgIpc) is 2.19. The molecule has 1 aromatic rings. The van der Waals surface area contributed by atoms with Crippen LogP contribution in [-0.4, -0.2) is 0 Å². The molecule has 0 aliphatic heterocycles. The zero-order valence-corrected chi connectivity index (χ0v) is 11.6. The molecule has 0 spiro atoms. The van der Waals surface area contributed by atoms with Crippen molar-refractivity contribution < 1.29 is 4.57 Å². The van der Waals surface area contributed by atoms with Crippen LogP contribution in [-0.2, 0) is 17.4 Å². The summed E-state index contributed by atoms with van der Waals surface area (Å²) in [7, 11) is 0.150. The van der Waals surface area contributed by atoms with Gasteiger partial charge in [-0.15, -0.1) is 0 Å². The second kappa shape index (κ2) is 6.15. The van der Waals surface area contributed by atoms with Crippen LogP contribution in [0.15, 0.2) is 18.2 Å². The van der Waals surface area contributed by atoms with Gasteiger partial charge in [0.25, 0.3) is 0 Å². The van der Waals surface area contributed by atoms with Crippen molar-refractivity contribution in [1.29, 1.82) is 0 Å². The number of hydrogen-bond donors (Lipinski definition) is 0. The molecule has 1 aromatic carbocycles. The van der Waals surface area contributed by atoms with Crippen LogP contribution in [0.2, 0.25) is 0 Å². The van der Waals surface area contributed by atoms with E-state index in [2.05, 4.69) is 33.8 Å². The molecule has 0 bridgehead atoms. The van der Waals surface area contributed by atoms with E-state index in [-0.39, 0.29) is 8.46 Å². The van der Waals surface area contributed by atoms with E-state index in [4.69, 9.17) is 0 Å². The molecular formula is C14H21OP. The molecule has 0 saturated carbocycles. The number of hydrogen-bond acceptors (Lipinski definition) is 1. The fourth-order valence-corrected chi connectivity index (χ4v) is 2.47. The van der Waals surface area contributed by atoms with Crippen LogP contribution in [0.4, 0.5) is 0 Å². The molecule has 0 aliphatic carbocycles. The highest BCUT2D eigenvalue weighted by Crippen LogP contribution is 2.18. The maximum atomic E-state index is 11.1. The van der Waals surface area contributed by atoms with E-state index < -0.39 is 0 Å². The van der Waals surface area contributed by atoms with Crippen LogP contribution < -0.4 is 5.30 Å². The van der Waals surface area contributed by atoms with E-state index in [1.807, 2.05) is 12.1 Å². The summed E-state index contributed by atoms with van der Waals surface area (Å²) in [6.45, 7) is 8.86. The summed E-state index contributed by atoms with van der Waals surface area (Å²) in [5, 5.41) is 0.965. The standard InChI is InChI=1S/C14H21OP/c1-10(2)8-12-6-5-7-14(16-15)13(12)9-11(3)4/h5-7,10-11H,8-9H2,1-4H3. The van der Waals surface area contributed by atoms with E-state index in [1.54, 1.807) is 0 Å². The summed E-state index contributed by atoms with van der Waals surface area (Å²) < 4.78 is 11.1. The Kier molecular flexibility index (Phi) is 5.15. The molecule has 0 radical (unpaired) electrons. The lowest BCUT2D eigenvalue weighted by molar-refractivity contribution is 0.601. The highest BCUT2D eigenvalue weighted by Gasteiger charge is 2.11. The largest absolute Gasteiger partial charge is 0.269 e. The molecule has 0 saturated heterocycles. The van der Waals surface area contributed by atoms with Crippen molar-refractivity contribution in [3.05, 3.63) is 29.3 Å². The van der Waals surface area contributed by atoms with Crippen molar-refractivity contribution in [1.82, 2.24) is 0 Å². The predicted octanol–water partition coefficient (Wildman–Crippen LogP) is 4.00. The molecule has 88 valence electrons. The summed E-state index contributed by atoms with van der Waals surface area (Å²) in [4.78, 5) is 0. The van der Waals surface area contributed by atoms with E-state index in [1.165, 1.54) is 11.1 Å². The highest BCUT2D eigenvalue weighted by atomic mass is 31.1. The molecule has 1 nitrogen and oxygen atoms in total. The summed E-state index contributed by atoms with van der Waals surface area (Å²) in [5.41, 5.74) is 2.66. The van der Waals surface area contributed by atoms with Gasteiger partial charge in [0.15, 0.2) is 8.46 Å². The van der Waals surface area contributed by atoms with Gasteiger partial charge >= 0.3 is 0 Å². The van der Waals surface area contributed by atoms with Gasteiger partial charge in [0.05, 0.1) is 0 Å². The van der Waals surface area contributed by atoms with Gasteiger partial charge in [0.1, 0.15) is 0 Å². The quantitative estimate of drug-likeness (QED) is 0.706. The lowest BCUT2D eigenvalue weighted by Gasteiger charge is -2.15. The van der Waals surface area contributed by atoms with E-state index in [0.717, 1.165) is 18.1 Å². The van der Waals surface area contributed by atoms with Gasteiger partial charge in [-0.3, -0.25) is 4.57 Å². The number of benzene rings is 1. The normalized spacial score (nSPS) is 11.6. The second-order valence-electron chi connectivity index (χ2n) is 5.20. The molecule has 0 heterocycles. The molecule has 1 rings (SSSR count). The van der Waals surface area contributed by atoms with Gasteiger partial charge < -0.3 is 0 Å². The first-order valence-electron chi connectivity index (χ1n) is 5.98. The van der Waals surface area contributed by atoms with Crippen LogP contribution in [0.3, 0.4) is 0 Å². The lowest BCUT2D eigenvalue weighted by Crippen LogP contribution is -2.11. The Labute approximate surface area is 100 Å². The van der Waals surface area contributed by atoms with Crippen LogP contribution in [0, 0.1) is 11.8 Å². The molecular weight excluding hydrogens is 215 g/mol. The Morgan fingerprint density at radius 3 is 2.19 bits per heavy atom. The first kappa shape index (κ1) is 13.4. The third-order valence-corrected chi connectivity index (χ3v) is 3.20. The minimum absolute atomic E-state index is 0.150. The Morgan fingerprint density at radius 1 is 1.06 bits per heavy atom. The summed E-state index contributed by atoms with van der Waals surface area (Å²) in [5.74, 6) is 1.25. The topological polar surface area (TPSA) is 17.1 Å². The molecule has 16 heavy (non-hydrogen) atoms. The molecule has 0 fully saturated rings. The van der Waals surface area contributed by atoms with Crippen LogP contribution in [0.5, 0.6) is 0 Å². The van der Waals surface area contributed by atoms with Gasteiger partial charge in [0.2, 0.25) is 0 Å². The van der Waals surface area contributed by atoms with E-state index >= 15 is 0 Å². The minimum atomic E-state index is 0.150. The third kappa shape index (κ3) is 3.72. The molecule has 0 amide bonds. The van der Waals surface area contributed by atoms with Crippen molar-refractivity contribution >= 4 is 13.8 Å². The van der Waals surface area contributed by atoms with Gasteiger partial charge in [0, 0.05) is 5.30 Å². The zero-order valence-electron chi connectivity index (χ0n) is 10.7. The second-order valence-corrected chi connectivity index (χ2v) is 5.87. The summed E-state index contributed by atoms with van der Waals surface area (Å²) in [6.07, 6.45) is 2.10. The van der Waals surface area contributed by atoms with Crippen LogP contribution in [0.25, 0.3) is 0 Å². The molecule has 0 atom stereocenters. The average molecular weight is 236 g/mol. The summed E-state index contributed by atoms with van der Waals surface area (Å²) >= 11 is 0. The molecule has 0 aromatic heterocycles. The maximum Gasteiger partial charge on any atom is 0.192 e. The van der Waals surface area contributed by atoms with E-state index in [9.17, 15) is 4.57 Å². The van der Waals surface area contributed by atoms with Gasteiger partial charge in [-0.05, 0) is 41.9 Å². The van der Waals surface area contributed by atoms with Crippen LogP contribution >= 0.6 is 8.46 Å². The fraction of sp³-hybridized carbons (Fsp3) is 0.571. The third-order valence-electron chi connectivity index (χ3n) is 2.59. The van der Waals surface area contributed by atoms with Crippen molar-refractivity contribution in [2.24, 2.45) is 11.8 Å². The zero-order chi connectivity index (χ0) is 12.1. The van der Waals surface area contributed by atoms with E-state index in [0.29, 0.717) is 11.8 Å². The van der Waals surface area contributed by atoms with Crippen molar-refractivity contribution in [2.75, 3.05) is 0 Å². The van der Waals surface area contributed by atoms with Gasteiger partial charge in [-0.25, -0.2) is 0 Å². The Bertz CT molecular complexity index is 356. The first-order chi connectivity index (χ1) is 7.54. The monoisotopic (exact) mass is 236 g/mol. The Hall–Kier alpha value is -0.680. The molecule has 2 heteroatoms.